The lowest BCUT2D eigenvalue weighted by Gasteiger charge is -2.58. The van der Waals surface area contributed by atoms with Gasteiger partial charge in [0.15, 0.2) is 11.5 Å². The van der Waals surface area contributed by atoms with Crippen molar-refractivity contribution in [1.82, 2.24) is 15.3 Å². The van der Waals surface area contributed by atoms with Crippen LogP contribution < -0.4 is 20.1 Å². The summed E-state index contributed by atoms with van der Waals surface area (Å²) < 4.78 is 25.4. The third-order valence-corrected chi connectivity index (χ3v) is 6.51. The summed E-state index contributed by atoms with van der Waals surface area (Å²) in [6.07, 6.45) is 1.12. The van der Waals surface area contributed by atoms with Crippen LogP contribution in [0.3, 0.4) is 0 Å². The summed E-state index contributed by atoms with van der Waals surface area (Å²) >= 11 is 3.16. The number of nitrogens with one attached hydrogen (secondary N) is 2. The van der Waals surface area contributed by atoms with Crippen molar-refractivity contribution in [2.45, 2.75) is 29.0 Å². The van der Waals surface area contributed by atoms with Gasteiger partial charge in [0.05, 0.1) is 18.3 Å². The van der Waals surface area contributed by atoms with Crippen molar-refractivity contribution in [3.63, 3.8) is 0 Å². The summed E-state index contributed by atoms with van der Waals surface area (Å²) in [6.45, 7) is -1.59. The van der Waals surface area contributed by atoms with Crippen LogP contribution in [0.4, 0.5) is 15.9 Å². The first kappa shape index (κ1) is 28.2. The molecule has 3 aromatic rings. The van der Waals surface area contributed by atoms with Gasteiger partial charge in [-0.1, -0.05) is 15.9 Å². The summed E-state index contributed by atoms with van der Waals surface area (Å²) in [7, 11) is 1.20. The Labute approximate surface area is 220 Å². The summed E-state index contributed by atoms with van der Waals surface area (Å²) in [5, 5.41) is 95.0. The van der Waals surface area contributed by atoms with Gasteiger partial charge in [-0.15, -0.1) is 0 Å². The number of benzene rings is 2. The first-order valence-corrected chi connectivity index (χ1v) is 11.2. The summed E-state index contributed by atoms with van der Waals surface area (Å²) in [4.78, 5) is 8.14. The molecule has 4 rings (SSSR count). The smallest absolute Gasteiger partial charge is 0.287 e. The first-order valence-electron chi connectivity index (χ1n) is 10.5. The number of halogens is 2. The quantitative estimate of drug-likeness (QED) is 0.132. The molecule has 38 heavy (non-hydrogen) atoms. The maximum atomic E-state index is 14.3. The van der Waals surface area contributed by atoms with Crippen molar-refractivity contribution in [3.8, 4) is 11.5 Å². The Hall–Kier alpha value is -2.81. The molecule has 1 aliphatic heterocycles. The number of ether oxygens (including phenoxy) is 2. The number of nitrogens with zero attached hydrogens (tertiary/aromatic N) is 2. The Kier molecular flexibility index (Phi) is 6.78. The molecule has 2 heterocycles. The van der Waals surface area contributed by atoms with Gasteiger partial charge in [0.2, 0.25) is 5.60 Å². The van der Waals surface area contributed by atoms with Gasteiger partial charge in [0.25, 0.3) is 23.4 Å². The number of aromatic nitrogens is 2. The fourth-order valence-corrected chi connectivity index (χ4v) is 4.11. The average Bonchev–Trinajstić information content (AvgIpc) is 2.82. The zero-order valence-electron chi connectivity index (χ0n) is 19.2. The van der Waals surface area contributed by atoms with Crippen LogP contribution in [0.2, 0.25) is 0 Å². The van der Waals surface area contributed by atoms with Crippen LogP contribution in [0.5, 0.6) is 11.5 Å². The molecule has 1 aliphatic rings. The van der Waals surface area contributed by atoms with E-state index in [1.54, 1.807) is 6.07 Å². The number of rotatable bonds is 6. The molecule has 11 N–H and O–H groups in total. The van der Waals surface area contributed by atoms with Crippen molar-refractivity contribution in [2.24, 2.45) is 0 Å². The Morgan fingerprint density at radius 1 is 0.921 bits per heavy atom. The van der Waals surface area contributed by atoms with E-state index < -0.39 is 41.4 Å². The summed E-state index contributed by atoms with van der Waals surface area (Å²) in [5.74, 6) is -17.6. The highest BCUT2D eigenvalue weighted by molar-refractivity contribution is 9.10. The number of anilines is 2. The highest BCUT2D eigenvalue weighted by Gasteiger charge is 2.82. The predicted octanol–water partition coefficient (Wildman–Crippen LogP) is -2.36. The third-order valence-electron chi connectivity index (χ3n) is 6.02. The van der Waals surface area contributed by atoms with Crippen LogP contribution in [0.1, 0.15) is 0 Å². The maximum Gasteiger partial charge on any atom is 0.287 e. The van der Waals surface area contributed by atoms with Crippen LogP contribution >= 0.6 is 15.9 Å². The SMILES string of the molecule is COc1cc2c(Nc3ccc(Br)cc3F)ncnc2cc1OCC1(O)C(O)(O)C(O)(O)NC(O)(O)C1(O)O. The van der Waals surface area contributed by atoms with E-state index in [0.717, 1.165) is 11.6 Å². The molecule has 1 aromatic heterocycles. The molecule has 0 bridgehead atoms. The molecule has 1 saturated heterocycles. The number of piperidine rings is 1. The van der Waals surface area contributed by atoms with E-state index in [4.69, 9.17) is 9.47 Å². The van der Waals surface area contributed by atoms with Gasteiger partial charge in [-0.3, -0.25) is 0 Å². The van der Waals surface area contributed by atoms with Crippen molar-refractivity contribution in [2.75, 3.05) is 19.0 Å². The van der Waals surface area contributed by atoms with Crippen molar-refractivity contribution < 1.29 is 59.8 Å². The minimum Gasteiger partial charge on any atom is -0.493 e. The van der Waals surface area contributed by atoms with Gasteiger partial charge >= 0.3 is 0 Å². The van der Waals surface area contributed by atoms with Gasteiger partial charge in [0, 0.05) is 15.9 Å². The van der Waals surface area contributed by atoms with Gasteiger partial charge in [-0.25, -0.2) is 19.7 Å². The van der Waals surface area contributed by atoms with Gasteiger partial charge < -0.3 is 60.7 Å². The van der Waals surface area contributed by atoms with E-state index in [1.165, 1.54) is 31.4 Å². The molecule has 1 fully saturated rings. The van der Waals surface area contributed by atoms with E-state index in [0.29, 0.717) is 4.47 Å². The second-order valence-electron chi connectivity index (χ2n) is 8.45. The van der Waals surface area contributed by atoms with Gasteiger partial charge in [0.1, 0.15) is 24.6 Å². The normalized spacial score (nSPS) is 20.6. The summed E-state index contributed by atoms with van der Waals surface area (Å²) in [5.41, 5.74) is -3.77. The molecule has 0 atom stereocenters. The van der Waals surface area contributed by atoms with E-state index in [2.05, 4.69) is 31.2 Å². The topological polar surface area (TPSA) is 250 Å². The lowest BCUT2D eigenvalue weighted by atomic mass is 9.76. The van der Waals surface area contributed by atoms with E-state index in [-0.39, 0.29) is 33.9 Å². The molecule has 0 unspecified atom stereocenters. The van der Waals surface area contributed by atoms with E-state index in [9.17, 15) is 50.3 Å². The largest absolute Gasteiger partial charge is 0.493 e. The fraction of sp³-hybridized carbons (Fsp3) is 0.333. The zero-order valence-corrected chi connectivity index (χ0v) is 20.7. The lowest BCUT2D eigenvalue weighted by Crippen LogP contribution is -2.93. The molecule has 2 aromatic carbocycles. The Morgan fingerprint density at radius 2 is 1.55 bits per heavy atom. The highest BCUT2D eigenvalue weighted by Crippen LogP contribution is 2.45. The molecule has 206 valence electrons. The van der Waals surface area contributed by atoms with E-state index in [1.807, 2.05) is 0 Å². The number of aliphatic hydroxyl groups is 9. The van der Waals surface area contributed by atoms with Crippen LogP contribution in [0, 0.1) is 5.82 Å². The Morgan fingerprint density at radius 3 is 2.13 bits per heavy atom. The zero-order chi connectivity index (χ0) is 28.3. The monoisotopic (exact) mass is 604 g/mol. The molecule has 17 heteroatoms. The molecule has 0 spiro atoms. The molecule has 0 amide bonds. The Bertz CT molecular complexity index is 1360. The maximum absolute atomic E-state index is 14.3. The standard InChI is InChI=1S/C21H22BrFN4O11/c1-37-14-5-10-13(24-8-25-16(10)26-12-3-2-9(22)4-11(12)23)6-15(14)38-7-17(28)18(29,30)20(33,34)27-21(35,36)19(17,31)32/h2-6,8,27-36H,7H2,1H3,(H,24,25,26). The highest BCUT2D eigenvalue weighted by atomic mass is 79.9. The lowest BCUT2D eigenvalue weighted by molar-refractivity contribution is -0.551. The predicted molar refractivity (Wildman–Crippen MR) is 126 cm³/mol. The summed E-state index contributed by atoms with van der Waals surface area (Å²) in [6, 6.07) is 6.79. The molecule has 0 radical (unpaired) electrons. The average molecular weight is 605 g/mol. The van der Waals surface area contributed by atoms with Gasteiger partial charge in [-0.05, 0) is 24.3 Å². The van der Waals surface area contributed by atoms with Crippen molar-refractivity contribution in [1.29, 1.82) is 0 Å². The minimum atomic E-state index is -4.27. The van der Waals surface area contributed by atoms with Crippen LogP contribution in [-0.2, 0) is 0 Å². The first-order chi connectivity index (χ1) is 17.5. The van der Waals surface area contributed by atoms with Crippen molar-refractivity contribution in [3.05, 3.63) is 46.9 Å². The second kappa shape index (κ2) is 9.14. The number of fused-ring (bicyclic) bond motifs is 1. The third kappa shape index (κ3) is 4.23. The number of hydrogen-bond donors (Lipinski definition) is 11. The molecular formula is C21H22BrFN4O11. The van der Waals surface area contributed by atoms with Gasteiger partial charge in [-0.2, -0.15) is 0 Å². The van der Waals surface area contributed by atoms with Crippen LogP contribution in [0.15, 0.2) is 41.1 Å². The van der Waals surface area contributed by atoms with Crippen molar-refractivity contribution >= 4 is 38.3 Å². The molecule has 15 nitrogen and oxygen atoms in total. The van der Waals surface area contributed by atoms with Crippen LogP contribution in [0.25, 0.3) is 10.9 Å². The van der Waals surface area contributed by atoms with E-state index >= 15 is 0 Å². The number of hydrogen-bond acceptors (Lipinski definition) is 15. The Balaban J connectivity index is 1.72. The minimum absolute atomic E-state index is 0.0815. The van der Waals surface area contributed by atoms with Crippen LogP contribution in [-0.4, -0.2) is 98.6 Å². The second-order valence-corrected chi connectivity index (χ2v) is 9.37. The molecular weight excluding hydrogens is 583 g/mol. The fourth-order valence-electron chi connectivity index (χ4n) is 3.77. The number of methoxy groups -OCH3 is 1. The molecule has 0 saturated carbocycles. The molecule has 0 aliphatic carbocycles.